The molecule has 224 valence electrons. The van der Waals surface area contributed by atoms with E-state index in [1.54, 1.807) is 33.8 Å². The maximum Gasteiger partial charge on any atom is 0.338 e. The Morgan fingerprint density at radius 2 is 1.40 bits per heavy atom. The normalized spacial score (nSPS) is 12.1. The number of nitrogens with one attached hydrogen (secondary N) is 2. The van der Waals surface area contributed by atoms with Gasteiger partial charge in [-0.05, 0) is 65.5 Å². The van der Waals surface area contributed by atoms with Crippen LogP contribution in [0, 0.1) is 0 Å². The number of unbranched alkanes of at least 4 members (excludes halogenated alkanes) is 2. The Labute approximate surface area is 238 Å². The highest BCUT2D eigenvalue weighted by Gasteiger charge is 2.48. The zero-order chi connectivity index (χ0) is 29.6. The van der Waals surface area contributed by atoms with Crippen molar-refractivity contribution in [2.24, 2.45) is 0 Å². The summed E-state index contributed by atoms with van der Waals surface area (Å²) in [7, 11) is 0. The molecule has 0 fully saturated rings. The lowest BCUT2D eigenvalue weighted by Crippen LogP contribution is -2.60. The second kappa shape index (κ2) is 20.6. The first-order valence-corrected chi connectivity index (χ1v) is 14.2. The van der Waals surface area contributed by atoms with Gasteiger partial charge < -0.3 is 24.3 Å². The minimum atomic E-state index is -1.85. The summed E-state index contributed by atoms with van der Waals surface area (Å²) in [5.41, 5.74) is -0.704. The van der Waals surface area contributed by atoms with E-state index in [2.05, 4.69) is 10.6 Å². The van der Waals surface area contributed by atoms with Crippen LogP contribution in [-0.2, 0) is 44.5 Å². The van der Waals surface area contributed by atoms with Crippen LogP contribution in [-0.4, -0.2) is 75.0 Å². The fourth-order valence-corrected chi connectivity index (χ4v) is 4.02. The number of benzene rings is 1. The van der Waals surface area contributed by atoms with Gasteiger partial charge >= 0.3 is 23.9 Å². The first kappa shape index (κ1) is 34.8. The molecule has 0 aliphatic carbocycles. The van der Waals surface area contributed by atoms with Crippen LogP contribution < -0.4 is 10.6 Å². The van der Waals surface area contributed by atoms with Gasteiger partial charge in [-0.1, -0.05) is 42.5 Å². The van der Waals surface area contributed by atoms with E-state index in [1.807, 2.05) is 36.4 Å². The molecule has 1 atom stereocenters. The third-order valence-corrected chi connectivity index (χ3v) is 5.95. The van der Waals surface area contributed by atoms with E-state index < -0.39 is 23.4 Å². The largest absolute Gasteiger partial charge is 0.466 e. The molecule has 1 aromatic carbocycles. The van der Waals surface area contributed by atoms with Crippen molar-refractivity contribution >= 4 is 23.9 Å². The van der Waals surface area contributed by atoms with E-state index in [4.69, 9.17) is 18.9 Å². The van der Waals surface area contributed by atoms with Crippen LogP contribution in [0.25, 0.3) is 0 Å². The molecule has 10 heteroatoms. The van der Waals surface area contributed by atoms with Crippen LogP contribution >= 0.6 is 0 Å². The highest BCUT2D eigenvalue weighted by molar-refractivity contribution is 6.05. The summed E-state index contributed by atoms with van der Waals surface area (Å²) in [4.78, 5) is 49.7. The Morgan fingerprint density at radius 3 is 2.00 bits per heavy atom. The standard InChI is InChI=1S/C30H46N2O8/c1-5-37-26(33)22-25(21-24-17-13-12-14-18-24)31-20-16-11-9-10-15-19-30(28(35)39-7-3,29(36)40-8-4)32-23-27(34)38-6-2/h10,12-15,17-18,25,31-32H,5-9,11,16,19-23H2,1-4H3/b15-10+. The Morgan fingerprint density at radius 1 is 0.800 bits per heavy atom. The topological polar surface area (TPSA) is 129 Å². The number of ether oxygens (including phenoxy) is 4. The second-order valence-electron chi connectivity index (χ2n) is 9.03. The molecule has 0 aliphatic rings. The molecule has 0 amide bonds. The predicted octanol–water partition coefficient (Wildman–Crippen LogP) is 3.27. The Bertz CT molecular complexity index is 902. The number of allylic oxidation sites excluding steroid dienone is 1. The average Bonchev–Trinajstić information content (AvgIpc) is 2.93. The average molecular weight is 563 g/mol. The molecular weight excluding hydrogens is 516 g/mol. The van der Waals surface area contributed by atoms with Gasteiger partial charge in [-0.25, -0.2) is 9.59 Å². The van der Waals surface area contributed by atoms with Gasteiger partial charge in [0.2, 0.25) is 5.54 Å². The Kier molecular flexibility index (Phi) is 17.9. The van der Waals surface area contributed by atoms with E-state index in [0.29, 0.717) is 19.4 Å². The van der Waals surface area contributed by atoms with Crippen molar-refractivity contribution in [2.45, 2.75) is 77.8 Å². The molecule has 0 heterocycles. The fraction of sp³-hybridized carbons (Fsp3) is 0.600. The van der Waals surface area contributed by atoms with Crippen LogP contribution in [0.1, 0.15) is 65.4 Å². The molecule has 10 nitrogen and oxygen atoms in total. The zero-order valence-corrected chi connectivity index (χ0v) is 24.4. The quantitative estimate of drug-likeness (QED) is 0.0757. The monoisotopic (exact) mass is 562 g/mol. The summed E-state index contributed by atoms with van der Waals surface area (Å²) in [5.74, 6) is -2.43. The lowest BCUT2D eigenvalue weighted by molar-refractivity contribution is -0.166. The molecule has 1 aromatic rings. The molecule has 1 rings (SSSR count). The maximum atomic E-state index is 12.9. The van der Waals surface area contributed by atoms with Gasteiger partial charge in [0.15, 0.2) is 0 Å². The molecular formula is C30H46N2O8. The lowest BCUT2D eigenvalue weighted by Gasteiger charge is -2.29. The first-order valence-electron chi connectivity index (χ1n) is 14.2. The maximum absolute atomic E-state index is 12.9. The minimum absolute atomic E-state index is 0.0303. The molecule has 0 saturated heterocycles. The fourth-order valence-electron chi connectivity index (χ4n) is 4.02. The molecule has 0 bridgehead atoms. The van der Waals surface area contributed by atoms with Crippen molar-refractivity contribution in [2.75, 3.05) is 39.5 Å². The van der Waals surface area contributed by atoms with Gasteiger partial charge in [-0.2, -0.15) is 0 Å². The zero-order valence-electron chi connectivity index (χ0n) is 24.4. The summed E-state index contributed by atoms with van der Waals surface area (Å²) in [6, 6.07) is 9.97. The summed E-state index contributed by atoms with van der Waals surface area (Å²) in [6.45, 7) is 7.79. The van der Waals surface area contributed by atoms with E-state index in [0.717, 1.165) is 31.4 Å². The van der Waals surface area contributed by atoms with Crippen molar-refractivity contribution in [3.05, 3.63) is 48.0 Å². The van der Waals surface area contributed by atoms with Crippen molar-refractivity contribution in [1.29, 1.82) is 0 Å². The van der Waals surface area contributed by atoms with Gasteiger partial charge in [0.1, 0.15) is 0 Å². The smallest absolute Gasteiger partial charge is 0.338 e. The van der Waals surface area contributed by atoms with Gasteiger partial charge in [-0.15, -0.1) is 0 Å². The number of carbonyl (C=O) groups is 4. The summed E-state index contributed by atoms with van der Waals surface area (Å²) in [6.07, 6.45) is 7.01. The number of hydrogen-bond donors (Lipinski definition) is 2. The van der Waals surface area contributed by atoms with Crippen molar-refractivity contribution in [1.82, 2.24) is 10.6 Å². The molecule has 1 unspecified atom stereocenters. The third kappa shape index (κ3) is 13.2. The van der Waals surface area contributed by atoms with E-state index in [1.165, 1.54) is 0 Å². The summed E-state index contributed by atoms with van der Waals surface area (Å²) < 4.78 is 20.4. The second-order valence-corrected chi connectivity index (χ2v) is 9.03. The Balaban J connectivity index is 2.70. The Hall–Kier alpha value is -3.24. The van der Waals surface area contributed by atoms with E-state index >= 15 is 0 Å². The highest BCUT2D eigenvalue weighted by Crippen LogP contribution is 2.18. The minimum Gasteiger partial charge on any atom is -0.466 e. The van der Waals surface area contributed by atoms with Crippen LogP contribution in [0.4, 0.5) is 0 Å². The van der Waals surface area contributed by atoms with Gasteiger partial charge in [0.05, 0.1) is 39.4 Å². The third-order valence-electron chi connectivity index (χ3n) is 5.95. The lowest BCUT2D eigenvalue weighted by atomic mass is 9.94. The van der Waals surface area contributed by atoms with Crippen LogP contribution in [0.5, 0.6) is 0 Å². The molecule has 0 aromatic heterocycles. The van der Waals surface area contributed by atoms with E-state index in [-0.39, 0.29) is 44.8 Å². The summed E-state index contributed by atoms with van der Waals surface area (Å²) in [5, 5.41) is 6.20. The number of esters is 4. The highest BCUT2D eigenvalue weighted by atomic mass is 16.6. The van der Waals surface area contributed by atoms with Crippen LogP contribution in [0.15, 0.2) is 42.5 Å². The molecule has 2 N–H and O–H groups in total. The van der Waals surface area contributed by atoms with Gasteiger partial charge in [0, 0.05) is 12.5 Å². The summed E-state index contributed by atoms with van der Waals surface area (Å²) >= 11 is 0. The molecule has 0 radical (unpaired) electrons. The number of carbonyl (C=O) groups excluding carboxylic acids is 4. The molecule has 0 aliphatic heterocycles. The van der Waals surface area contributed by atoms with Crippen molar-refractivity contribution in [3.8, 4) is 0 Å². The number of rotatable bonds is 21. The van der Waals surface area contributed by atoms with Crippen LogP contribution in [0.2, 0.25) is 0 Å². The molecule has 0 spiro atoms. The first-order chi connectivity index (χ1) is 19.3. The predicted molar refractivity (Wildman–Crippen MR) is 151 cm³/mol. The van der Waals surface area contributed by atoms with Crippen LogP contribution in [0.3, 0.4) is 0 Å². The van der Waals surface area contributed by atoms with Gasteiger partial charge in [-0.3, -0.25) is 14.9 Å². The molecule has 40 heavy (non-hydrogen) atoms. The van der Waals surface area contributed by atoms with Gasteiger partial charge in [0.25, 0.3) is 0 Å². The van der Waals surface area contributed by atoms with Crippen molar-refractivity contribution in [3.63, 3.8) is 0 Å². The SMILES string of the molecule is CCOC(=O)CNC(C/C=C/CCCCNC(CC(=O)OCC)Cc1ccccc1)(C(=O)OCC)C(=O)OCC. The van der Waals surface area contributed by atoms with Crippen molar-refractivity contribution < 1.29 is 38.1 Å². The number of hydrogen-bond acceptors (Lipinski definition) is 10. The molecule has 0 saturated carbocycles. The van der Waals surface area contributed by atoms with E-state index in [9.17, 15) is 19.2 Å².